The summed E-state index contributed by atoms with van der Waals surface area (Å²) in [5.74, 6) is 0. The van der Waals surface area contributed by atoms with Crippen LogP contribution in [-0.2, 0) is 12.7 Å². The van der Waals surface area contributed by atoms with Crippen LogP contribution in [0.3, 0.4) is 0 Å². The van der Waals surface area contributed by atoms with E-state index in [9.17, 15) is 23.3 Å². The van der Waals surface area contributed by atoms with Crippen molar-refractivity contribution in [2.75, 3.05) is 11.9 Å². The van der Waals surface area contributed by atoms with E-state index < -0.39 is 22.4 Å². The van der Waals surface area contributed by atoms with E-state index in [0.29, 0.717) is 25.6 Å². The highest BCUT2D eigenvalue weighted by Crippen LogP contribution is 2.34. The molecule has 0 amide bonds. The topological polar surface area (TPSA) is 85.9 Å². The van der Waals surface area contributed by atoms with Gasteiger partial charge < -0.3 is 5.32 Å². The van der Waals surface area contributed by atoms with Crippen molar-refractivity contribution >= 4 is 11.4 Å². The lowest BCUT2D eigenvalue weighted by atomic mass is 10.1. The van der Waals surface area contributed by atoms with Gasteiger partial charge in [0, 0.05) is 25.4 Å². The Morgan fingerprint density at radius 1 is 1.36 bits per heavy atom. The predicted octanol–water partition coefficient (Wildman–Crippen LogP) is 2.71. The van der Waals surface area contributed by atoms with E-state index in [0.717, 1.165) is 12.1 Å². The fourth-order valence-corrected chi connectivity index (χ4v) is 1.82. The van der Waals surface area contributed by atoms with Gasteiger partial charge in [-0.2, -0.15) is 13.2 Å². The fourth-order valence-electron chi connectivity index (χ4n) is 1.82. The maximum atomic E-state index is 12.6. The fraction of sp³-hybridized carbons (Fsp3) is 0.333. The number of aryl methyl sites for hydroxylation is 1. The molecule has 0 bridgehead atoms. The van der Waals surface area contributed by atoms with Crippen molar-refractivity contribution in [1.82, 2.24) is 15.0 Å². The molecule has 0 radical (unpaired) electrons. The van der Waals surface area contributed by atoms with Gasteiger partial charge in [-0.3, -0.25) is 14.8 Å². The monoisotopic (exact) mass is 315 g/mol. The number of hydrogen-bond donors (Lipinski definition) is 1. The SMILES string of the molecule is O=[N+]([O-])c1cc(C(F)(F)F)ccc1NCCCn1ccnn1. The summed E-state index contributed by atoms with van der Waals surface area (Å²) in [6.45, 7) is 0.896. The molecule has 10 heteroatoms. The third-order valence-corrected chi connectivity index (χ3v) is 2.87. The van der Waals surface area contributed by atoms with E-state index in [-0.39, 0.29) is 5.69 Å². The molecule has 2 aromatic rings. The molecule has 1 aromatic carbocycles. The summed E-state index contributed by atoms with van der Waals surface area (Å²) in [6, 6.07) is 2.41. The lowest BCUT2D eigenvalue weighted by Crippen LogP contribution is -2.10. The van der Waals surface area contributed by atoms with Gasteiger partial charge in [-0.25, -0.2) is 0 Å². The van der Waals surface area contributed by atoms with E-state index in [1.54, 1.807) is 10.9 Å². The molecule has 118 valence electrons. The van der Waals surface area contributed by atoms with Gasteiger partial charge in [-0.15, -0.1) is 5.10 Å². The maximum absolute atomic E-state index is 12.6. The van der Waals surface area contributed by atoms with Crippen LogP contribution in [0, 0.1) is 10.1 Å². The molecule has 22 heavy (non-hydrogen) atoms. The summed E-state index contributed by atoms with van der Waals surface area (Å²) in [5.41, 5.74) is -1.60. The molecule has 2 rings (SSSR count). The van der Waals surface area contributed by atoms with Gasteiger partial charge in [0.1, 0.15) is 5.69 Å². The van der Waals surface area contributed by atoms with Crippen LogP contribution in [0.4, 0.5) is 24.5 Å². The number of nitrogens with one attached hydrogen (secondary N) is 1. The number of rotatable bonds is 6. The molecule has 1 aromatic heterocycles. The van der Waals surface area contributed by atoms with E-state index >= 15 is 0 Å². The third kappa shape index (κ3) is 3.93. The van der Waals surface area contributed by atoms with Crippen molar-refractivity contribution in [3.8, 4) is 0 Å². The van der Waals surface area contributed by atoms with Crippen LogP contribution in [0.2, 0.25) is 0 Å². The Balaban J connectivity index is 2.02. The summed E-state index contributed by atoms with van der Waals surface area (Å²) < 4.78 is 39.3. The first-order chi connectivity index (χ1) is 10.4. The molecule has 0 aliphatic heterocycles. The number of halogens is 3. The van der Waals surface area contributed by atoms with Gasteiger partial charge in [0.2, 0.25) is 0 Å². The number of alkyl halides is 3. The first-order valence-corrected chi connectivity index (χ1v) is 6.31. The molecule has 7 nitrogen and oxygen atoms in total. The Kier molecular flexibility index (Phi) is 4.59. The number of benzene rings is 1. The standard InChI is InChI=1S/C12H12F3N5O2/c13-12(14,15)9-2-3-10(11(8-9)20(21)22)16-4-1-6-19-7-5-17-18-19/h2-3,5,7-8,16H,1,4,6H2. The molecular weight excluding hydrogens is 303 g/mol. The summed E-state index contributed by atoms with van der Waals surface area (Å²) in [7, 11) is 0. The summed E-state index contributed by atoms with van der Waals surface area (Å²) >= 11 is 0. The molecule has 0 spiro atoms. The summed E-state index contributed by atoms with van der Waals surface area (Å²) in [5, 5.41) is 21.0. The van der Waals surface area contributed by atoms with Crippen molar-refractivity contribution < 1.29 is 18.1 Å². The van der Waals surface area contributed by atoms with Crippen LogP contribution in [-0.4, -0.2) is 26.5 Å². The van der Waals surface area contributed by atoms with E-state index in [2.05, 4.69) is 15.6 Å². The Morgan fingerprint density at radius 3 is 2.73 bits per heavy atom. The largest absolute Gasteiger partial charge is 0.416 e. The first kappa shape index (κ1) is 15.7. The van der Waals surface area contributed by atoms with Gasteiger partial charge >= 0.3 is 6.18 Å². The Hall–Kier alpha value is -2.65. The zero-order chi connectivity index (χ0) is 16.2. The second-order valence-corrected chi connectivity index (χ2v) is 4.43. The van der Waals surface area contributed by atoms with E-state index in [1.165, 1.54) is 6.20 Å². The van der Waals surface area contributed by atoms with Gasteiger partial charge in [0.25, 0.3) is 5.69 Å². The van der Waals surface area contributed by atoms with Crippen LogP contribution in [0.1, 0.15) is 12.0 Å². The Morgan fingerprint density at radius 2 is 2.14 bits per heavy atom. The molecule has 0 saturated carbocycles. The van der Waals surface area contributed by atoms with Crippen molar-refractivity contribution in [3.63, 3.8) is 0 Å². The van der Waals surface area contributed by atoms with Crippen LogP contribution in [0.25, 0.3) is 0 Å². The minimum Gasteiger partial charge on any atom is -0.379 e. The first-order valence-electron chi connectivity index (χ1n) is 6.31. The Labute approximate surface area is 122 Å². The predicted molar refractivity (Wildman–Crippen MR) is 71.2 cm³/mol. The molecule has 0 saturated heterocycles. The summed E-state index contributed by atoms with van der Waals surface area (Å²) in [4.78, 5) is 10.1. The molecule has 1 N–H and O–H groups in total. The number of aromatic nitrogens is 3. The second-order valence-electron chi connectivity index (χ2n) is 4.43. The number of anilines is 1. The van der Waals surface area contributed by atoms with Crippen molar-refractivity contribution in [2.24, 2.45) is 0 Å². The molecular formula is C12H12F3N5O2. The van der Waals surface area contributed by atoms with E-state index in [1.807, 2.05) is 0 Å². The van der Waals surface area contributed by atoms with Crippen LogP contribution >= 0.6 is 0 Å². The highest BCUT2D eigenvalue weighted by Gasteiger charge is 2.32. The molecule has 0 aliphatic carbocycles. The quantitative estimate of drug-likeness (QED) is 0.503. The highest BCUT2D eigenvalue weighted by molar-refractivity contribution is 5.62. The lowest BCUT2D eigenvalue weighted by Gasteiger charge is -2.10. The average molecular weight is 315 g/mol. The molecule has 0 fully saturated rings. The zero-order valence-corrected chi connectivity index (χ0v) is 11.2. The van der Waals surface area contributed by atoms with Crippen LogP contribution < -0.4 is 5.32 Å². The molecule has 1 heterocycles. The number of nitro groups is 1. The second kappa shape index (κ2) is 6.41. The van der Waals surface area contributed by atoms with Crippen LogP contribution in [0.5, 0.6) is 0 Å². The molecule has 0 unspecified atom stereocenters. The van der Waals surface area contributed by atoms with E-state index in [4.69, 9.17) is 0 Å². The lowest BCUT2D eigenvalue weighted by molar-refractivity contribution is -0.384. The number of nitro benzene ring substituents is 1. The zero-order valence-electron chi connectivity index (χ0n) is 11.2. The maximum Gasteiger partial charge on any atom is 0.416 e. The summed E-state index contributed by atoms with van der Waals surface area (Å²) in [6.07, 6.45) is -0.841. The third-order valence-electron chi connectivity index (χ3n) is 2.87. The minimum atomic E-state index is -4.61. The minimum absolute atomic E-state index is 0.0524. The van der Waals surface area contributed by atoms with Crippen molar-refractivity contribution in [1.29, 1.82) is 0 Å². The average Bonchev–Trinajstić information content (AvgIpc) is 2.95. The van der Waals surface area contributed by atoms with Crippen LogP contribution in [0.15, 0.2) is 30.6 Å². The smallest absolute Gasteiger partial charge is 0.379 e. The molecule has 0 atom stereocenters. The van der Waals surface area contributed by atoms with Crippen molar-refractivity contribution in [3.05, 3.63) is 46.3 Å². The van der Waals surface area contributed by atoms with Crippen molar-refractivity contribution in [2.45, 2.75) is 19.1 Å². The van der Waals surface area contributed by atoms with Gasteiger partial charge in [-0.1, -0.05) is 5.21 Å². The van der Waals surface area contributed by atoms with Gasteiger partial charge in [-0.05, 0) is 18.6 Å². The number of nitrogens with zero attached hydrogens (tertiary/aromatic N) is 4. The molecule has 0 aliphatic rings. The van der Waals surface area contributed by atoms with Gasteiger partial charge in [0.05, 0.1) is 16.7 Å². The Bertz CT molecular complexity index is 643. The highest BCUT2D eigenvalue weighted by atomic mass is 19.4. The normalized spacial score (nSPS) is 11.4. The van der Waals surface area contributed by atoms with Gasteiger partial charge in [0.15, 0.2) is 0 Å². The number of hydrogen-bond acceptors (Lipinski definition) is 5.